The van der Waals surface area contributed by atoms with Gasteiger partial charge in [-0.05, 0) is 115 Å². The number of aliphatic hydroxyl groups excluding tert-OH is 2. The summed E-state index contributed by atoms with van der Waals surface area (Å²) in [4.78, 5) is 95.7. The number of carbonyl (C=O) groups is 6. The predicted molar refractivity (Wildman–Crippen MR) is 312 cm³/mol. The molecule has 83 heavy (non-hydrogen) atoms. The second-order valence-electron chi connectivity index (χ2n) is 19.1. The third kappa shape index (κ3) is 19.9. The average molecular weight is 1160 g/mol. The quantitative estimate of drug-likeness (QED) is 0.0248. The number of fused-ring (bicyclic) bond motifs is 1. The zero-order valence-electron chi connectivity index (χ0n) is 45.7. The number of nitrogens with two attached hydrogens (primary N) is 2. The van der Waals surface area contributed by atoms with Gasteiger partial charge >= 0.3 is 23.9 Å². The number of hydrogen-bond acceptors (Lipinski definition) is 16. The molecule has 0 unspecified atom stereocenters. The Hall–Kier alpha value is -9.04. The van der Waals surface area contributed by atoms with Gasteiger partial charge in [0.1, 0.15) is 17.9 Å². The summed E-state index contributed by atoms with van der Waals surface area (Å²) in [6.45, 7) is 6.52. The molecular formula is C58H67FN10O13S. The van der Waals surface area contributed by atoms with Crippen LogP contribution in [0.2, 0.25) is 0 Å². The number of nitrogen functional groups attached to an aromatic ring is 1. The highest BCUT2D eigenvalue weighted by Gasteiger charge is 2.31. The first-order chi connectivity index (χ1) is 39.6. The van der Waals surface area contributed by atoms with Crippen molar-refractivity contribution >= 4 is 75.9 Å². The molecular weight excluding hydrogens is 1100 g/mol. The van der Waals surface area contributed by atoms with Gasteiger partial charge in [0.05, 0.1) is 48.3 Å². The molecule has 0 spiro atoms. The monoisotopic (exact) mass is 1160 g/mol. The number of carboxylic acid groups (broad SMARTS) is 4. The third-order valence-electron chi connectivity index (χ3n) is 12.4. The molecule has 0 aliphatic heterocycles. The van der Waals surface area contributed by atoms with Crippen molar-refractivity contribution in [3.63, 3.8) is 0 Å². The molecule has 2 amide bonds. The van der Waals surface area contributed by atoms with Gasteiger partial charge in [0.2, 0.25) is 5.95 Å². The molecule has 23 nitrogen and oxygen atoms in total. The minimum atomic E-state index is -1.31. The van der Waals surface area contributed by atoms with Crippen LogP contribution in [0.3, 0.4) is 0 Å². The van der Waals surface area contributed by atoms with E-state index in [9.17, 15) is 48.2 Å². The number of rotatable bonds is 26. The standard InChI is InChI=1S/C33H35FN2O5.C19H19N7O6.C6H13NO2S/c1-21(2)31-30(33(41)35-25-11-7-4-8-12-25)29(22-9-5-3-6-10-22)32(23-13-15-24(34)16-14-23)36(31)18-17-26(37)19-27(38)20-28(39)40;20-19-25-15-14(17(30)26-19)23-11(8-22-15)7-21-10-3-1-9(2-4-10)16(29)24-12(18(31)32)5-6-13(27)28;1-2-10-4-3-5(7)6(8)9/h3-16,21,26-27,37-38H,17-20H2,1-2H3,(H,35,41)(H,39,40);1-4,8,12,21H,5-7H2,(H,24,29)(H,27,28)(H,31,32)(H3,20,22,25,26,30);5H,2-4,7H2,1H3,(H,8,9)/t26-,27-;12-;5-/m100/s1. The lowest BCUT2D eigenvalue weighted by molar-refractivity contribution is -0.141. The minimum absolute atomic E-state index is 0.0524. The molecule has 0 fully saturated rings. The van der Waals surface area contributed by atoms with Crippen molar-refractivity contribution < 1.29 is 63.8 Å². The Balaban J connectivity index is 0.000000266. The molecule has 0 aliphatic rings. The number of amides is 2. The van der Waals surface area contributed by atoms with Gasteiger partial charge in [0.25, 0.3) is 17.4 Å². The van der Waals surface area contributed by atoms with Crippen LogP contribution in [-0.4, -0.2) is 127 Å². The highest BCUT2D eigenvalue weighted by atomic mass is 32.2. The van der Waals surface area contributed by atoms with Crippen molar-refractivity contribution in [1.82, 2.24) is 29.8 Å². The normalized spacial score (nSPS) is 12.3. The van der Waals surface area contributed by atoms with Gasteiger partial charge in [-0.3, -0.25) is 33.8 Å². The molecule has 4 aromatic carbocycles. The van der Waals surface area contributed by atoms with Crippen LogP contribution in [0.4, 0.5) is 21.7 Å². The number of halogens is 1. The molecule has 440 valence electrons. The number of aliphatic hydroxyl groups is 2. The van der Waals surface area contributed by atoms with E-state index in [0.717, 1.165) is 22.8 Å². The molecule has 3 heterocycles. The third-order valence-corrected chi connectivity index (χ3v) is 13.3. The number of aliphatic carboxylic acids is 4. The summed E-state index contributed by atoms with van der Waals surface area (Å²) in [5.41, 5.74) is 16.5. The first kappa shape index (κ1) is 64.8. The predicted octanol–water partition coefficient (Wildman–Crippen LogP) is 6.81. The van der Waals surface area contributed by atoms with Gasteiger partial charge in [-0.25, -0.2) is 19.2 Å². The lowest BCUT2D eigenvalue weighted by Gasteiger charge is -2.20. The van der Waals surface area contributed by atoms with Crippen LogP contribution in [0.25, 0.3) is 33.5 Å². The van der Waals surface area contributed by atoms with Crippen LogP contribution in [-0.2, 0) is 32.3 Å². The van der Waals surface area contributed by atoms with Crippen molar-refractivity contribution in [2.45, 2.75) is 103 Å². The summed E-state index contributed by atoms with van der Waals surface area (Å²) in [6, 6.07) is 29.0. The fourth-order valence-corrected chi connectivity index (χ4v) is 9.15. The fraction of sp³-hybridized carbons (Fsp3) is 0.310. The van der Waals surface area contributed by atoms with Crippen molar-refractivity contribution in [3.8, 4) is 22.4 Å². The molecule has 25 heteroatoms. The van der Waals surface area contributed by atoms with Gasteiger partial charge in [0.15, 0.2) is 11.2 Å². The number of nitrogens with one attached hydrogen (secondary N) is 4. The number of H-pyrrole nitrogens is 1. The topological polar surface area (TPSA) is 388 Å². The number of para-hydroxylation sites is 1. The number of hydrogen-bond donors (Lipinski definition) is 12. The summed E-state index contributed by atoms with van der Waals surface area (Å²) in [5.74, 6) is -4.14. The van der Waals surface area contributed by atoms with Crippen LogP contribution in [0.15, 0.2) is 120 Å². The highest BCUT2D eigenvalue weighted by Crippen LogP contribution is 2.43. The molecule has 14 N–H and O–H groups in total. The van der Waals surface area contributed by atoms with E-state index in [2.05, 4.69) is 35.9 Å². The number of benzene rings is 4. The Kier molecular flexibility index (Phi) is 24.8. The SMILES string of the molecule is CC(C)c1c(C(=O)Nc2ccccc2)c(-c2ccccc2)c(-c2ccc(F)cc2)n1CC[C@@H](O)C[C@@H](O)CC(=O)O.CCSCC[C@H](N)C(=O)O.Nc1nc2ncc(CNc3ccc(C(=O)N[C@@H](CCC(=O)O)C(=O)O)cc3)nc2c(=O)[nH]1. The van der Waals surface area contributed by atoms with Crippen molar-refractivity contribution in [2.75, 3.05) is 27.9 Å². The van der Waals surface area contributed by atoms with Crippen molar-refractivity contribution in [2.24, 2.45) is 5.73 Å². The molecule has 0 radical (unpaired) electrons. The molecule has 0 saturated heterocycles. The largest absolute Gasteiger partial charge is 0.481 e. The van der Waals surface area contributed by atoms with Gasteiger partial charge in [-0.1, -0.05) is 69.3 Å². The number of carboxylic acids is 4. The molecule has 0 saturated carbocycles. The summed E-state index contributed by atoms with van der Waals surface area (Å²) in [7, 11) is 0. The van der Waals surface area contributed by atoms with E-state index >= 15 is 0 Å². The summed E-state index contributed by atoms with van der Waals surface area (Å²) in [6.07, 6.45) is -1.10. The smallest absolute Gasteiger partial charge is 0.326 e. The number of thioether (sulfide) groups is 1. The van der Waals surface area contributed by atoms with Crippen molar-refractivity contribution in [3.05, 3.63) is 154 Å². The first-order valence-electron chi connectivity index (χ1n) is 26.3. The zero-order chi connectivity index (χ0) is 60.8. The maximum absolute atomic E-state index is 14.0. The van der Waals surface area contributed by atoms with Crippen LogP contribution in [0.1, 0.15) is 97.3 Å². The van der Waals surface area contributed by atoms with E-state index in [-0.39, 0.29) is 79.1 Å². The van der Waals surface area contributed by atoms with Crippen LogP contribution < -0.4 is 33.0 Å². The van der Waals surface area contributed by atoms with E-state index in [4.69, 9.17) is 31.9 Å². The van der Waals surface area contributed by atoms with E-state index in [1.807, 2.05) is 86.0 Å². The van der Waals surface area contributed by atoms with E-state index in [1.165, 1.54) is 30.5 Å². The molecule has 4 atom stereocenters. The van der Waals surface area contributed by atoms with Gasteiger partial charge < -0.3 is 62.6 Å². The Labute approximate surface area is 480 Å². The van der Waals surface area contributed by atoms with Gasteiger partial charge in [0, 0.05) is 41.2 Å². The van der Waals surface area contributed by atoms with Crippen LogP contribution >= 0.6 is 11.8 Å². The summed E-state index contributed by atoms with van der Waals surface area (Å²) < 4.78 is 16.0. The summed E-state index contributed by atoms with van der Waals surface area (Å²) >= 11 is 1.71. The van der Waals surface area contributed by atoms with Gasteiger partial charge in [-0.15, -0.1) is 0 Å². The number of aromatic amines is 1. The van der Waals surface area contributed by atoms with Crippen LogP contribution in [0, 0.1) is 5.82 Å². The second-order valence-corrected chi connectivity index (χ2v) is 20.4. The second kappa shape index (κ2) is 31.8. The van der Waals surface area contributed by atoms with Crippen LogP contribution in [0.5, 0.6) is 0 Å². The maximum Gasteiger partial charge on any atom is 0.326 e. The van der Waals surface area contributed by atoms with Gasteiger partial charge in [-0.2, -0.15) is 16.7 Å². The Bertz CT molecular complexity index is 3370. The summed E-state index contributed by atoms with van der Waals surface area (Å²) in [5, 5.41) is 64.3. The first-order valence-corrected chi connectivity index (χ1v) is 27.4. The number of aromatic nitrogens is 5. The number of anilines is 3. The Morgan fingerprint density at radius 1 is 0.759 bits per heavy atom. The maximum atomic E-state index is 14.0. The van der Waals surface area contributed by atoms with E-state index in [0.29, 0.717) is 45.9 Å². The Morgan fingerprint density at radius 2 is 1.41 bits per heavy atom. The minimum Gasteiger partial charge on any atom is -0.481 e. The zero-order valence-corrected chi connectivity index (χ0v) is 46.5. The molecule has 7 rings (SSSR count). The highest BCUT2D eigenvalue weighted by molar-refractivity contribution is 7.99. The number of nitrogens with zero attached hydrogens (tertiary/aromatic N) is 4. The Morgan fingerprint density at radius 3 is 2.00 bits per heavy atom. The molecule has 0 bridgehead atoms. The average Bonchev–Trinajstić information content (AvgIpc) is 2.10. The lowest BCUT2D eigenvalue weighted by atomic mass is 9.94. The molecule has 0 aliphatic carbocycles. The molecule has 3 aromatic heterocycles. The van der Waals surface area contributed by atoms with E-state index in [1.54, 1.807) is 36.0 Å². The lowest BCUT2D eigenvalue weighted by Crippen LogP contribution is -2.41. The number of carbonyl (C=O) groups excluding carboxylic acids is 2. The van der Waals surface area contributed by atoms with Crippen molar-refractivity contribution in [1.29, 1.82) is 0 Å². The fourth-order valence-electron chi connectivity index (χ4n) is 8.44. The molecule has 7 aromatic rings. The van der Waals surface area contributed by atoms with E-state index < -0.39 is 66.1 Å².